The van der Waals surface area contributed by atoms with Gasteiger partial charge in [-0.2, -0.15) is 0 Å². The molecular weight excluding hydrogens is 409 g/mol. The topological polar surface area (TPSA) is 57.5 Å². The summed E-state index contributed by atoms with van der Waals surface area (Å²) < 4.78 is 26.0. The summed E-state index contributed by atoms with van der Waals surface area (Å²) in [6, 6.07) is 16.5. The van der Waals surface area contributed by atoms with Crippen molar-refractivity contribution < 1.29 is 18.7 Å². The van der Waals surface area contributed by atoms with Gasteiger partial charge in [-0.05, 0) is 30.7 Å². The Morgan fingerprint density at radius 2 is 1.56 bits per heavy atom. The quantitative estimate of drug-likeness (QED) is 0.414. The van der Waals surface area contributed by atoms with Gasteiger partial charge in [0.05, 0.1) is 30.7 Å². The number of hydrogen-bond donors (Lipinski definition) is 0. The molecule has 0 spiro atoms. The maximum absolute atomic E-state index is 13.4. The van der Waals surface area contributed by atoms with Crippen LogP contribution in [-0.2, 0) is 6.54 Å². The van der Waals surface area contributed by atoms with Crippen LogP contribution < -0.4 is 14.9 Å². The van der Waals surface area contributed by atoms with Crippen LogP contribution in [0.3, 0.4) is 0 Å². The Kier molecular flexibility index (Phi) is 5.77. The number of fused-ring (bicyclic) bond motifs is 1. The molecule has 1 heterocycles. The molecule has 0 fully saturated rings. The zero-order chi connectivity index (χ0) is 22.8. The van der Waals surface area contributed by atoms with E-state index in [2.05, 4.69) is 0 Å². The molecule has 0 amide bonds. The fourth-order valence-corrected chi connectivity index (χ4v) is 3.66. The fraction of sp³-hybridized carbons (Fsp3) is 0.154. The number of rotatable bonds is 6. The Morgan fingerprint density at radius 3 is 2.19 bits per heavy atom. The second-order valence-corrected chi connectivity index (χ2v) is 7.55. The highest BCUT2D eigenvalue weighted by Crippen LogP contribution is 2.31. The van der Waals surface area contributed by atoms with E-state index in [4.69, 9.17) is 9.47 Å². The molecule has 0 aliphatic rings. The minimum absolute atomic E-state index is 0.0516. The summed E-state index contributed by atoms with van der Waals surface area (Å²) in [5, 5.41) is 0.336. The van der Waals surface area contributed by atoms with Crippen molar-refractivity contribution in [3.63, 3.8) is 0 Å². The highest BCUT2D eigenvalue weighted by atomic mass is 19.1. The van der Waals surface area contributed by atoms with E-state index in [0.717, 1.165) is 11.1 Å². The molecule has 4 aromatic rings. The van der Waals surface area contributed by atoms with Gasteiger partial charge < -0.3 is 14.0 Å². The van der Waals surface area contributed by atoms with E-state index in [-0.39, 0.29) is 22.6 Å². The largest absolute Gasteiger partial charge is 0.493 e. The molecule has 0 aliphatic heterocycles. The highest BCUT2D eigenvalue weighted by molar-refractivity contribution is 6.10. The third kappa shape index (κ3) is 3.99. The average Bonchev–Trinajstić information content (AvgIpc) is 2.81. The van der Waals surface area contributed by atoms with Gasteiger partial charge in [0, 0.05) is 24.4 Å². The van der Waals surface area contributed by atoms with Crippen molar-refractivity contribution in [1.29, 1.82) is 0 Å². The van der Waals surface area contributed by atoms with Crippen LogP contribution in [0.1, 0.15) is 27.0 Å². The predicted molar refractivity (Wildman–Crippen MR) is 121 cm³/mol. The lowest BCUT2D eigenvalue weighted by Gasteiger charge is -2.16. The number of pyridine rings is 1. The number of methoxy groups -OCH3 is 2. The van der Waals surface area contributed by atoms with Crippen LogP contribution in [0, 0.1) is 12.7 Å². The van der Waals surface area contributed by atoms with Gasteiger partial charge in [-0.15, -0.1) is 0 Å². The first-order valence-corrected chi connectivity index (χ1v) is 10.1. The van der Waals surface area contributed by atoms with Crippen molar-refractivity contribution in [3.05, 3.63) is 105 Å². The molecule has 0 N–H and O–H groups in total. The van der Waals surface area contributed by atoms with Crippen LogP contribution in [0.5, 0.6) is 11.5 Å². The molecule has 162 valence electrons. The first kappa shape index (κ1) is 21.3. The number of ketones is 1. The zero-order valence-corrected chi connectivity index (χ0v) is 18.0. The molecule has 0 atom stereocenters. The number of ether oxygens (including phenoxy) is 2. The van der Waals surface area contributed by atoms with E-state index in [9.17, 15) is 14.0 Å². The molecule has 0 saturated heterocycles. The molecule has 0 bridgehead atoms. The summed E-state index contributed by atoms with van der Waals surface area (Å²) in [4.78, 5) is 26.6. The van der Waals surface area contributed by atoms with Crippen molar-refractivity contribution in [3.8, 4) is 11.5 Å². The van der Waals surface area contributed by atoms with Gasteiger partial charge in [-0.3, -0.25) is 9.59 Å². The molecule has 0 unspecified atom stereocenters. The number of halogens is 1. The molecule has 1 aromatic heterocycles. The summed E-state index contributed by atoms with van der Waals surface area (Å²) in [5.74, 6) is 0.162. The van der Waals surface area contributed by atoms with Crippen LogP contribution in [0.2, 0.25) is 0 Å². The van der Waals surface area contributed by atoms with E-state index < -0.39 is 0 Å². The molecule has 0 saturated carbocycles. The van der Waals surface area contributed by atoms with E-state index >= 15 is 0 Å². The van der Waals surface area contributed by atoms with E-state index in [1.54, 1.807) is 47.2 Å². The number of aromatic nitrogens is 1. The zero-order valence-electron chi connectivity index (χ0n) is 18.0. The average molecular weight is 431 g/mol. The number of carbonyl (C=O) groups is 1. The number of aryl methyl sites for hydroxylation is 1. The lowest BCUT2D eigenvalue weighted by molar-refractivity contribution is 0.103. The van der Waals surface area contributed by atoms with Crippen LogP contribution in [0.25, 0.3) is 10.9 Å². The number of benzene rings is 3. The van der Waals surface area contributed by atoms with E-state index in [1.807, 2.05) is 19.1 Å². The minimum Gasteiger partial charge on any atom is -0.493 e. The monoisotopic (exact) mass is 431 g/mol. The Bertz CT molecular complexity index is 1360. The summed E-state index contributed by atoms with van der Waals surface area (Å²) in [6.07, 6.45) is 1.56. The third-order valence-corrected chi connectivity index (χ3v) is 5.41. The lowest BCUT2D eigenvalue weighted by Crippen LogP contribution is -2.20. The fourth-order valence-electron chi connectivity index (χ4n) is 3.66. The van der Waals surface area contributed by atoms with Crippen molar-refractivity contribution in [1.82, 2.24) is 4.57 Å². The van der Waals surface area contributed by atoms with Crippen LogP contribution >= 0.6 is 0 Å². The van der Waals surface area contributed by atoms with E-state index in [0.29, 0.717) is 34.5 Å². The minimum atomic E-state index is -0.387. The summed E-state index contributed by atoms with van der Waals surface area (Å²) in [7, 11) is 3.00. The second kappa shape index (κ2) is 8.67. The van der Waals surface area contributed by atoms with Crippen molar-refractivity contribution in [2.75, 3.05) is 14.2 Å². The Labute approximate surface area is 184 Å². The molecule has 3 aromatic carbocycles. The Morgan fingerprint density at radius 1 is 0.938 bits per heavy atom. The predicted octanol–water partition coefficient (Wildman–Crippen LogP) is 4.75. The summed E-state index contributed by atoms with van der Waals surface area (Å²) in [6.45, 7) is 2.26. The van der Waals surface area contributed by atoms with Crippen molar-refractivity contribution in [2.24, 2.45) is 0 Å². The molecular formula is C26H22FNO4. The highest BCUT2D eigenvalue weighted by Gasteiger charge is 2.19. The maximum Gasteiger partial charge on any atom is 0.200 e. The SMILES string of the molecule is COc1cc2c(=O)c(C(=O)c3ccc(C)cc3)cn(Cc3ccc(F)cc3)c2cc1OC. The maximum atomic E-state index is 13.4. The van der Waals surface area contributed by atoms with Gasteiger partial charge >= 0.3 is 0 Å². The van der Waals surface area contributed by atoms with Gasteiger partial charge in [0.1, 0.15) is 5.82 Å². The van der Waals surface area contributed by atoms with Crippen molar-refractivity contribution >= 4 is 16.7 Å². The summed E-state index contributed by atoms with van der Waals surface area (Å²) >= 11 is 0. The standard InChI is InChI=1S/C26H22FNO4/c1-16-4-8-18(9-5-16)25(29)21-15-28(14-17-6-10-19(27)11-7-17)22-13-24(32-3)23(31-2)12-20(22)26(21)30/h4-13,15H,14H2,1-3H3. The van der Waals surface area contributed by atoms with Gasteiger partial charge in [-0.25, -0.2) is 4.39 Å². The van der Waals surface area contributed by atoms with Crippen molar-refractivity contribution in [2.45, 2.75) is 13.5 Å². The number of hydrogen-bond acceptors (Lipinski definition) is 4. The third-order valence-electron chi connectivity index (χ3n) is 5.41. The molecule has 0 aliphatic carbocycles. The second-order valence-electron chi connectivity index (χ2n) is 7.55. The normalized spacial score (nSPS) is 10.9. The molecule has 5 nitrogen and oxygen atoms in total. The first-order valence-electron chi connectivity index (χ1n) is 10.1. The van der Waals surface area contributed by atoms with E-state index in [1.165, 1.54) is 26.4 Å². The number of carbonyl (C=O) groups excluding carboxylic acids is 1. The molecule has 6 heteroatoms. The van der Waals surface area contributed by atoms with Gasteiger partial charge in [0.2, 0.25) is 5.43 Å². The van der Waals surface area contributed by atoms with Crippen LogP contribution in [-0.4, -0.2) is 24.6 Å². The van der Waals surface area contributed by atoms with Gasteiger partial charge in [0.25, 0.3) is 0 Å². The van der Waals surface area contributed by atoms with Gasteiger partial charge in [-0.1, -0.05) is 42.0 Å². The smallest absolute Gasteiger partial charge is 0.200 e. The Hall–Kier alpha value is -3.93. The number of nitrogens with zero attached hydrogens (tertiary/aromatic N) is 1. The molecule has 0 radical (unpaired) electrons. The molecule has 32 heavy (non-hydrogen) atoms. The lowest BCUT2D eigenvalue weighted by atomic mass is 10.0. The van der Waals surface area contributed by atoms with Crippen LogP contribution in [0.15, 0.2) is 71.7 Å². The Balaban J connectivity index is 1.95. The molecule has 4 rings (SSSR count). The first-order chi connectivity index (χ1) is 15.4. The van der Waals surface area contributed by atoms with Crippen LogP contribution in [0.4, 0.5) is 4.39 Å². The van der Waals surface area contributed by atoms with Gasteiger partial charge in [0.15, 0.2) is 17.3 Å². The summed E-state index contributed by atoms with van der Waals surface area (Å²) in [5.41, 5.74) is 2.52.